The van der Waals surface area contributed by atoms with Crippen molar-refractivity contribution in [3.8, 4) is 23.1 Å². The molecule has 2 N–H and O–H groups in total. The second-order valence-electron chi connectivity index (χ2n) is 8.96. The third-order valence-corrected chi connectivity index (χ3v) is 6.31. The molecule has 8 nitrogen and oxygen atoms in total. The Kier molecular flexibility index (Phi) is 6.61. The van der Waals surface area contributed by atoms with E-state index in [9.17, 15) is 27.9 Å². The van der Waals surface area contributed by atoms with Crippen LogP contribution in [0.15, 0.2) is 88.3 Å². The molecule has 0 unspecified atom stereocenters. The number of aromatic carboxylic acids is 1. The number of carboxylic acids is 1. The Morgan fingerprint density at radius 1 is 1.12 bits per heavy atom. The summed E-state index contributed by atoms with van der Waals surface area (Å²) in [6.07, 6.45) is -1.72. The van der Waals surface area contributed by atoms with Crippen LogP contribution in [0.5, 0.6) is 0 Å². The van der Waals surface area contributed by atoms with Crippen molar-refractivity contribution < 1.29 is 27.5 Å². The average Bonchev–Trinajstić information content (AvgIpc) is 3.42. The van der Waals surface area contributed by atoms with Crippen LogP contribution in [0.25, 0.3) is 28.0 Å². The fraction of sp³-hybridized carbons (Fsp3) is 0.103. The second kappa shape index (κ2) is 10.1. The SMILES string of the molecule is C[C@@H](Nc1ccccc1C(=O)O)c1cc(C(F)(F)F)cc2c(=O)cc(-c3cnn(-c4ccc(C#N)cc4)c3)oc12. The summed E-state index contributed by atoms with van der Waals surface area (Å²) in [5, 5.41) is 25.5. The number of para-hydroxylation sites is 1. The molecule has 40 heavy (non-hydrogen) atoms. The van der Waals surface area contributed by atoms with Gasteiger partial charge in [0.05, 0.1) is 51.6 Å². The van der Waals surface area contributed by atoms with E-state index in [2.05, 4.69) is 10.4 Å². The molecule has 3 aromatic carbocycles. The molecular weight excluding hydrogens is 525 g/mol. The first-order chi connectivity index (χ1) is 19.0. The van der Waals surface area contributed by atoms with Crippen molar-refractivity contribution in [3.05, 3.63) is 112 Å². The first-order valence-electron chi connectivity index (χ1n) is 11.9. The largest absolute Gasteiger partial charge is 0.478 e. The third-order valence-electron chi connectivity index (χ3n) is 6.31. The minimum absolute atomic E-state index is 0.0171. The number of fused-ring (bicyclic) bond motifs is 1. The molecule has 5 rings (SSSR count). The summed E-state index contributed by atoms with van der Waals surface area (Å²) >= 11 is 0. The minimum Gasteiger partial charge on any atom is -0.478 e. The highest BCUT2D eigenvalue weighted by atomic mass is 19.4. The number of anilines is 1. The molecule has 2 heterocycles. The fourth-order valence-electron chi connectivity index (χ4n) is 4.30. The summed E-state index contributed by atoms with van der Waals surface area (Å²) in [6.45, 7) is 1.54. The van der Waals surface area contributed by atoms with Gasteiger partial charge < -0.3 is 14.8 Å². The monoisotopic (exact) mass is 544 g/mol. The van der Waals surface area contributed by atoms with Crippen molar-refractivity contribution in [1.82, 2.24) is 9.78 Å². The number of carbonyl (C=O) groups is 1. The molecule has 0 bridgehead atoms. The van der Waals surface area contributed by atoms with Gasteiger partial charge in [0, 0.05) is 23.5 Å². The van der Waals surface area contributed by atoms with Crippen LogP contribution in [-0.2, 0) is 6.18 Å². The summed E-state index contributed by atoms with van der Waals surface area (Å²) in [5.74, 6) is -1.13. The van der Waals surface area contributed by atoms with Crippen LogP contribution in [0, 0.1) is 11.3 Å². The lowest BCUT2D eigenvalue weighted by Gasteiger charge is -2.20. The second-order valence-corrected chi connectivity index (χ2v) is 8.96. The number of nitriles is 1. The molecule has 0 aliphatic rings. The van der Waals surface area contributed by atoms with Gasteiger partial charge in [0.1, 0.15) is 11.3 Å². The van der Waals surface area contributed by atoms with Gasteiger partial charge in [-0.3, -0.25) is 4.79 Å². The summed E-state index contributed by atoms with van der Waals surface area (Å²) in [6, 6.07) is 16.5. The quantitative estimate of drug-likeness (QED) is 0.253. The lowest BCUT2D eigenvalue weighted by Crippen LogP contribution is -2.15. The van der Waals surface area contributed by atoms with Crippen LogP contribution in [0.1, 0.15) is 40.0 Å². The van der Waals surface area contributed by atoms with Gasteiger partial charge in [-0.1, -0.05) is 12.1 Å². The molecule has 2 aromatic heterocycles. The van der Waals surface area contributed by atoms with Gasteiger partial charge in [-0.25, -0.2) is 9.48 Å². The molecule has 1 atom stereocenters. The first-order valence-corrected chi connectivity index (χ1v) is 11.9. The van der Waals surface area contributed by atoms with Crippen molar-refractivity contribution >= 4 is 22.6 Å². The average molecular weight is 544 g/mol. The van der Waals surface area contributed by atoms with E-state index < -0.39 is 29.2 Å². The maximum absolute atomic E-state index is 13.8. The van der Waals surface area contributed by atoms with E-state index in [1.165, 1.54) is 29.1 Å². The van der Waals surface area contributed by atoms with Crippen molar-refractivity contribution in [2.45, 2.75) is 19.1 Å². The highest BCUT2D eigenvalue weighted by molar-refractivity contribution is 5.94. The van der Waals surface area contributed by atoms with Crippen LogP contribution in [0.4, 0.5) is 18.9 Å². The van der Waals surface area contributed by atoms with Crippen molar-refractivity contribution in [3.63, 3.8) is 0 Å². The number of rotatable bonds is 6. The normalized spacial score (nSPS) is 12.2. The number of benzene rings is 3. The summed E-state index contributed by atoms with van der Waals surface area (Å²) in [7, 11) is 0. The molecule has 11 heteroatoms. The van der Waals surface area contributed by atoms with Gasteiger partial charge in [-0.05, 0) is 55.5 Å². The van der Waals surface area contributed by atoms with Gasteiger partial charge >= 0.3 is 12.1 Å². The number of nitrogens with one attached hydrogen (secondary N) is 1. The lowest BCUT2D eigenvalue weighted by atomic mass is 9.99. The van der Waals surface area contributed by atoms with E-state index in [1.807, 2.05) is 6.07 Å². The molecule has 0 amide bonds. The van der Waals surface area contributed by atoms with Crippen LogP contribution in [-0.4, -0.2) is 20.9 Å². The zero-order valence-corrected chi connectivity index (χ0v) is 20.7. The Labute approximate surface area is 224 Å². The molecule has 0 aliphatic carbocycles. The van der Waals surface area contributed by atoms with Gasteiger partial charge in [0.15, 0.2) is 5.43 Å². The van der Waals surface area contributed by atoms with Crippen LogP contribution < -0.4 is 10.7 Å². The van der Waals surface area contributed by atoms with Crippen LogP contribution in [0.3, 0.4) is 0 Å². The summed E-state index contributed by atoms with van der Waals surface area (Å²) in [5.41, 5.74) is -0.159. The van der Waals surface area contributed by atoms with Crippen molar-refractivity contribution in [2.75, 3.05) is 5.32 Å². The Bertz CT molecular complexity index is 1850. The minimum atomic E-state index is -4.74. The zero-order valence-electron chi connectivity index (χ0n) is 20.7. The Balaban J connectivity index is 1.62. The first kappa shape index (κ1) is 26.2. The topological polar surface area (TPSA) is 121 Å². The van der Waals surface area contributed by atoms with Gasteiger partial charge in [0.2, 0.25) is 0 Å². The predicted molar refractivity (Wildman–Crippen MR) is 140 cm³/mol. The number of carboxylic acid groups (broad SMARTS) is 1. The highest BCUT2D eigenvalue weighted by Gasteiger charge is 2.33. The lowest BCUT2D eigenvalue weighted by molar-refractivity contribution is -0.137. The van der Waals surface area contributed by atoms with Gasteiger partial charge in [-0.15, -0.1) is 0 Å². The summed E-state index contributed by atoms with van der Waals surface area (Å²) < 4.78 is 48.9. The molecule has 0 spiro atoms. The van der Waals surface area contributed by atoms with Crippen molar-refractivity contribution in [2.24, 2.45) is 0 Å². The maximum Gasteiger partial charge on any atom is 0.416 e. The Morgan fingerprint density at radius 2 is 1.85 bits per heavy atom. The van der Waals surface area contributed by atoms with Crippen molar-refractivity contribution in [1.29, 1.82) is 5.26 Å². The molecule has 0 radical (unpaired) electrons. The Hall–Kier alpha value is -5.37. The number of nitrogens with zero attached hydrogens (tertiary/aromatic N) is 3. The molecule has 0 fully saturated rings. The van der Waals surface area contributed by atoms with E-state index in [0.29, 0.717) is 16.8 Å². The molecular formula is C29H19F3N4O4. The molecule has 0 saturated heterocycles. The van der Waals surface area contributed by atoms with E-state index >= 15 is 0 Å². The molecule has 0 aliphatic heterocycles. The molecule has 5 aromatic rings. The highest BCUT2D eigenvalue weighted by Crippen LogP contribution is 2.37. The van der Waals surface area contributed by atoms with Gasteiger partial charge in [-0.2, -0.15) is 23.5 Å². The fourth-order valence-corrected chi connectivity index (χ4v) is 4.30. The summed E-state index contributed by atoms with van der Waals surface area (Å²) in [4.78, 5) is 24.7. The number of aromatic nitrogens is 2. The number of hydrogen-bond donors (Lipinski definition) is 2. The molecule has 200 valence electrons. The number of alkyl halides is 3. The smallest absolute Gasteiger partial charge is 0.416 e. The number of hydrogen-bond acceptors (Lipinski definition) is 6. The molecule has 0 saturated carbocycles. The van der Waals surface area contributed by atoms with E-state index in [0.717, 1.165) is 18.2 Å². The van der Waals surface area contributed by atoms with E-state index in [1.54, 1.807) is 43.5 Å². The number of halogens is 3. The third kappa shape index (κ3) is 5.02. The standard InChI is InChI=1S/C29H19F3N4O4/c1-16(35-24-5-3-2-4-21(24)28(38)39)22-10-19(29(30,31)32)11-23-25(37)12-26(40-27(22)23)18-14-34-36(15-18)20-8-6-17(13-33)7-9-20/h2-12,14-16,35H,1H3,(H,38,39)/t16-/m1/s1. The van der Waals surface area contributed by atoms with Crippen LogP contribution in [0.2, 0.25) is 0 Å². The van der Waals surface area contributed by atoms with Gasteiger partial charge in [0.25, 0.3) is 0 Å². The van der Waals surface area contributed by atoms with Crippen LogP contribution >= 0.6 is 0 Å². The zero-order chi connectivity index (χ0) is 28.6. The van der Waals surface area contributed by atoms with E-state index in [4.69, 9.17) is 9.68 Å². The predicted octanol–water partition coefficient (Wildman–Crippen LogP) is 6.41. The Morgan fingerprint density at radius 3 is 2.52 bits per heavy atom. The maximum atomic E-state index is 13.8. The van der Waals surface area contributed by atoms with E-state index in [-0.39, 0.29) is 33.5 Å².